The van der Waals surface area contributed by atoms with Gasteiger partial charge in [-0.15, -0.1) is 6.58 Å². The molecule has 1 unspecified atom stereocenters. The molecule has 3 nitrogen and oxygen atoms in total. The normalized spacial score (nSPS) is 15.8. The Bertz CT molecular complexity index is 146. The van der Waals surface area contributed by atoms with Gasteiger partial charge in [0.05, 0.1) is 6.61 Å². The van der Waals surface area contributed by atoms with Gasteiger partial charge in [0, 0.05) is 18.3 Å². The van der Waals surface area contributed by atoms with Gasteiger partial charge in [0.25, 0.3) is 0 Å². The molecule has 0 aromatic carbocycles. The average molecular weight is 204 g/mol. The lowest BCUT2D eigenvalue weighted by Crippen LogP contribution is -2.38. The lowest BCUT2D eigenvalue weighted by atomic mass is 10.2. The molecule has 0 fully saturated rings. The highest BCUT2D eigenvalue weighted by Crippen LogP contribution is 2.30. The van der Waals surface area contributed by atoms with E-state index in [2.05, 4.69) is 6.58 Å². The highest BCUT2D eigenvalue weighted by Gasteiger charge is 2.35. The smallest absolute Gasteiger partial charge is 0.333 e. The van der Waals surface area contributed by atoms with Crippen molar-refractivity contribution in [1.82, 2.24) is 0 Å². The maximum absolute atomic E-state index is 9.21. The van der Waals surface area contributed by atoms with Crippen LogP contribution in [0.4, 0.5) is 0 Å². The molecule has 1 atom stereocenters. The van der Waals surface area contributed by atoms with E-state index in [-0.39, 0.29) is 11.6 Å². The summed E-state index contributed by atoms with van der Waals surface area (Å²) in [6.45, 7) is 10.8. The van der Waals surface area contributed by atoms with Gasteiger partial charge in [0.1, 0.15) is 0 Å². The van der Waals surface area contributed by atoms with Crippen LogP contribution in [-0.4, -0.2) is 34.2 Å². The molecule has 13 heavy (non-hydrogen) atoms. The Morgan fingerprint density at radius 1 is 1.38 bits per heavy atom. The largest absolute Gasteiger partial charge is 0.396 e. The zero-order valence-corrected chi connectivity index (χ0v) is 9.90. The number of aliphatic hydroxyl groups excluding tert-OH is 1. The number of aliphatic hydroxyl groups is 1. The first-order valence-corrected chi connectivity index (χ1v) is 6.14. The van der Waals surface area contributed by atoms with Gasteiger partial charge in [-0.3, -0.25) is 0 Å². The van der Waals surface area contributed by atoms with Crippen molar-refractivity contribution in [3.8, 4) is 0 Å². The molecule has 0 aliphatic heterocycles. The fourth-order valence-corrected chi connectivity index (χ4v) is 2.77. The van der Waals surface area contributed by atoms with Crippen LogP contribution in [0, 0.1) is 0 Å². The Balaban J connectivity index is 4.37. The van der Waals surface area contributed by atoms with Crippen molar-refractivity contribution in [3.63, 3.8) is 0 Å². The molecule has 0 rings (SSSR count). The first kappa shape index (κ1) is 12.8. The summed E-state index contributed by atoms with van der Waals surface area (Å²) in [4.78, 5) is 0. The quantitative estimate of drug-likeness (QED) is 0.500. The van der Waals surface area contributed by atoms with Crippen LogP contribution in [0.15, 0.2) is 12.7 Å². The lowest BCUT2D eigenvalue weighted by molar-refractivity contribution is 0.168. The monoisotopic (exact) mass is 204 g/mol. The maximum Gasteiger partial charge on any atom is 0.333 e. The molecule has 0 aromatic rings. The molecule has 78 valence electrons. The van der Waals surface area contributed by atoms with E-state index >= 15 is 0 Å². The summed E-state index contributed by atoms with van der Waals surface area (Å²) in [5, 5.41) is 8.83. The van der Waals surface area contributed by atoms with E-state index in [0.29, 0.717) is 13.2 Å². The van der Waals surface area contributed by atoms with Crippen LogP contribution in [-0.2, 0) is 8.85 Å². The molecule has 0 amide bonds. The third kappa shape index (κ3) is 3.60. The molecule has 0 aromatic heterocycles. The van der Waals surface area contributed by atoms with Crippen molar-refractivity contribution in [3.05, 3.63) is 12.7 Å². The van der Waals surface area contributed by atoms with Crippen molar-refractivity contribution in [2.45, 2.75) is 25.8 Å². The van der Waals surface area contributed by atoms with Gasteiger partial charge in [-0.05, 0) is 13.8 Å². The molecule has 0 radical (unpaired) electrons. The van der Waals surface area contributed by atoms with Gasteiger partial charge < -0.3 is 14.0 Å². The molecule has 1 N–H and O–H groups in total. The fourth-order valence-electron chi connectivity index (χ4n) is 0.967. The summed E-state index contributed by atoms with van der Waals surface area (Å²) >= 11 is 0. The molecular formula is C9H20O3Si. The highest BCUT2D eigenvalue weighted by atomic mass is 28.3. The molecule has 0 saturated carbocycles. The highest BCUT2D eigenvalue weighted by molar-refractivity contribution is 6.49. The molecule has 4 heteroatoms. The molecule has 0 saturated heterocycles. The van der Waals surface area contributed by atoms with Crippen LogP contribution in [0.25, 0.3) is 0 Å². The molecule has 0 aliphatic carbocycles. The lowest BCUT2D eigenvalue weighted by Gasteiger charge is -2.30. The third-order valence-electron chi connectivity index (χ3n) is 1.98. The summed E-state index contributed by atoms with van der Waals surface area (Å²) in [6.07, 6.45) is 1.73. The van der Waals surface area contributed by atoms with Gasteiger partial charge in [-0.1, -0.05) is 13.0 Å². The van der Waals surface area contributed by atoms with Gasteiger partial charge in [0.15, 0.2) is 0 Å². The maximum atomic E-state index is 9.21. The van der Waals surface area contributed by atoms with Gasteiger partial charge in [-0.25, -0.2) is 0 Å². The van der Waals surface area contributed by atoms with E-state index in [9.17, 15) is 5.11 Å². The first-order chi connectivity index (χ1) is 6.14. The number of hydrogen-bond acceptors (Lipinski definition) is 3. The van der Waals surface area contributed by atoms with Gasteiger partial charge >= 0.3 is 9.28 Å². The van der Waals surface area contributed by atoms with E-state index < -0.39 is 9.28 Å². The zero-order chi connectivity index (χ0) is 10.3. The predicted molar refractivity (Wildman–Crippen MR) is 56.1 cm³/mol. The summed E-state index contributed by atoms with van der Waals surface area (Å²) < 4.78 is 11.0. The van der Waals surface area contributed by atoms with E-state index in [4.69, 9.17) is 8.85 Å². The van der Waals surface area contributed by atoms with Crippen molar-refractivity contribution in [1.29, 1.82) is 0 Å². The van der Waals surface area contributed by atoms with E-state index in [1.807, 2.05) is 20.8 Å². The second kappa shape index (κ2) is 6.31. The Morgan fingerprint density at radius 2 is 1.85 bits per heavy atom. The Morgan fingerprint density at radius 3 is 2.08 bits per heavy atom. The van der Waals surface area contributed by atoms with Crippen LogP contribution in [0.2, 0.25) is 5.04 Å². The van der Waals surface area contributed by atoms with Crippen LogP contribution < -0.4 is 0 Å². The number of rotatable bonds is 7. The minimum Gasteiger partial charge on any atom is -0.396 e. The molecule has 0 spiro atoms. The first-order valence-electron chi connectivity index (χ1n) is 4.62. The van der Waals surface area contributed by atoms with Crippen molar-refractivity contribution < 1.29 is 14.0 Å². The predicted octanol–water partition coefficient (Wildman–Crippen LogP) is 1.22. The molecule has 0 heterocycles. The van der Waals surface area contributed by atoms with E-state index in [1.165, 1.54) is 0 Å². The molecule has 0 aliphatic rings. The minimum absolute atomic E-state index is 0.0351. The van der Waals surface area contributed by atoms with E-state index in [1.54, 1.807) is 6.08 Å². The van der Waals surface area contributed by atoms with Crippen LogP contribution in [0.1, 0.15) is 20.8 Å². The summed E-state index contributed by atoms with van der Waals surface area (Å²) in [5.41, 5.74) is 0. The fraction of sp³-hybridized carbons (Fsp3) is 0.778. The van der Waals surface area contributed by atoms with Crippen molar-refractivity contribution in [2.75, 3.05) is 19.8 Å². The second-order valence-electron chi connectivity index (χ2n) is 3.11. The van der Waals surface area contributed by atoms with Crippen LogP contribution in [0.3, 0.4) is 0 Å². The molecular weight excluding hydrogens is 184 g/mol. The molecule has 0 bridgehead atoms. The zero-order valence-electron chi connectivity index (χ0n) is 8.75. The SMILES string of the molecule is C=CC(C)(CO)[SiH](OCC)OCC. The van der Waals surface area contributed by atoms with Gasteiger partial charge in [0.2, 0.25) is 0 Å². The third-order valence-corrected chi connectivity index (χ3v) is 4.75. The second-order valence-corrected chi connectivity index (χ2v) is 5.76. The van der Waals surface area contributed by atoms with Crippen molar-refractivity contribution >= 4 is 9.28 Å². The van der Waals surface area contributed by atoms with Crippen molar-refractivity contribution in [2.24, 2.45) is 0 Å². The Hall–Kier alpha value is -0.163. The standard InChI is InChI=1S/C9H20O3Si/c1-5-9(4,8-10)13(11-6-2)12-7-3/h5,10,13H,1,6-8H2,2-4H3. The van der Waals surface area contributed by atoms with Crippen LogP contribution >= 0.6 is 0 Å². The van der Waals surface area contributed by atoms with Crippen LogP contribution in [0.5, 0.6) is 0 Å². The van der Waals surface area contributed by atoms with Gasteiger partial charge in [-0.2, -0.15) is 0 Å². The minimum atomic E-state index is -1.83. The summed E-state index contributed by atoms with van der Waals surface area (Å²) in [5.74, 6) is 0. The average Bonchev–Trinajstić information content (AvgIpc) is 2.16. The summed E-state index contributed by atoms with van der Waals surface area (Å²) in [7, 11) is -1.83. The Kier molecular flexibility index (Phi) is 6.24. The Labute approximate surface area is 82.2 Å². The topological polar surface area (TPSA) is 38.7 Å². The van der Waals surface area contributed by atoms with E-state index in [0.717, 1.165) is 0 Å². The number of hydrogen-bond donors (Lipinski definition) is 1. The summed E-state index contributed by atoms with van der Waals surface area (Å²) in [6, 6.07) is 0.